The lowest BCUT2D eigenvalue weighted by Crippen LogP contribution is -2.39. The van der Waals surface area contributed by atoms with Gasteiger partial charge in [0.25, 0.3) is 0 Å². The Labute approximate surface area is 154 Å². The van der Waals surface area contributed by atoms with Gasteiger partial charge in [0, 0.05) is 38.3 Å². The van der Waals surface area contributed by atoms with Crippen LogP contribution in [0.2, 0.25) is 0 Å². The minimum atomic E-state index is -0.304. The van der Waals surface area contributed by atoms with Crippen LogP contribution in [0.25, 0.3) is 0 Å². The summed E-state index contributed by atoms with van der Waals surface area (Å²) in [4.78, 5) is 22.8. The Balaban J connectivity index is 1.51. The van der Waals surface area contributed by atoms with Crippen molar-refractivity contribution in [1.29, 1.82) is 0 Å². The van der Waals surface area contributed by atoms with Gasteiger partial charge in [0.2, 0.25) is 5.95 Å². The summed E-state index contributed by atoms with van der Waals surface area (Å²) in [7, 11) is 0. The third-order valence-electron chi connectivity index (χ3n) is 4.49. The Morgan fingerprint density at radius 2 is 1.77 bits per heavy atom. The first-order chi connectivity index (χ1) is 12.7. The maximum atomic E-state index is 11.7. The molecule has 0 N–H and O–H groups in total. The summed E-state index contributed by atoms with van der Waals surface area (Å²) in [6.45, 7) is 6.01. The molecule has 2 heterocycles. The summed E-state index contributed by atoms with van der Waals surface area (Å²) < 4.78 is 11.0. The van der Waals surface area contributed by atoms with E-state index >= 15 is 0 Å². The molecular weight excluding hydrogens is 330 g/mol. The van der Waals surface area contributed by atoms with E-state index in [0.29, 0.717) is 12.2 Å². The van der Waals surface area contributed by atoms with Gasteiger partial charge in [-0.3, -0.25) is 0 Å². The third-order valence-corrected chi connectivity index (χ3v) is 4.49. The molecule has 1 saturated heterocycles. The van der Waals surface area contributed by atoms with Crippen LogP contribution in [0, 0.1) is 0 Å². The molecule has 6 nitrogen and oxygen atoms in total. The normalized spacial score (nSPS) is 14.9. The van der Waals surface area contributed by atoms with Crippen LogP contribution in [0.5, 0.6) is 5.75 Å². The molecule has 1 aliphatic rings. The first-order valence-corrected chi connectivity index (χ1v) is 9.19. The van der Waals surface area contributed by atoms with E-state index in [9.17, 15) is 4.79 Å². The molecule has 0 amide bonds. The van der Waals surface area contributed by atoms with E-state index in [1.165, 1.54) is 0 Å². The summed E-state index contributed by atoms with van der Waals surface area (Å²) >= 11 is 0. The number of aryl methyl sites for hydroxylation is 1. The molecule has 1 aromatic heterocycles. The van der Waals surface area contributed by atoms with E-state index in [1.54, 1.807) is 19.1 Å². The van der Waals surface area contributed by atoms with Crippen LogP contribution in [-0.2, 0) is 11.2 Å². The van der Waals surface area contributed by atoms with Crippen molar-refractivity contribution in [2.75, 3.05) is 24.6 Å². The lowest BCUT2D eigenvalue weighted by molar-refractivity contribution is 0.0526. The number of benzene rings is 1. The van der Waals surface area contributed by atoms with E-state index in [0.717, 1.165) is 49.6 Å². The number of ether oxygens (including phenoxy) is 2. The van der Waals surface area contributed by atoms with E-state index in [2.05, 4.69) is 21.8 Å². The average Bonchev–Trinajstić information content (AvgIpc) is 2.69. The minimum absolute atomic E-state index is 0.162. The Morgan fingerprint density at radius 3 is 2.35 bits per heavy atom. The van der Waals surface area contributed by atoms with E-state index in [-0.39, 0.29) is 12.1 Å². The summed E-state index contributed by atoms with van der Waals surface area (Å²) in [5.41, 5.74) is 1.69. The van der Waals surface area contributed by atoms with Crippen molar-refractivity contribution in [2.45, 2.75) is 39.2 Å². The highest BCUT2D eigenvalue weighted by Crippen LogP contribution is 2.22. The van der Waals surface area contributed by atoms with Crippen molar-refractivity contribution in [3.8, 4) is 5.75 Å². The van der Waals surface area contributed by atoms with Crippen LogP contribution < -0.4 is 9.64 Å². The second-order valence-electron chi connectivity index (χ2n) is 6.29. The van der Waals surface area contributed by atoms with Crippen molar-refractivity contribution in [3.63, 3.8) is 0 Å². The fourth-order valence-electron chi connectivity index (χ4n) is 2.94. The van der Waals surface area contributed by atoms with E-state index < -0.39 is 0 Å². The summed E-state index contributed by atoms with van der Waals surface area (Å²) in [5.74, 6) is 1.26. The number of hydrogen-bond donors (Lipinski definition) is 0. The molecule has 0 bridgehead atoms. The van der Waals surface area contributed by atoms with Crippen molar-refractivity contribution in [3.05, 3.63) is 47.8 Å². The van der Waals surface area contributed by atoms with Crippen LogP contribution in [0.15, 0.2) is 36.7 Å². The summed E-state index contributed by atoms with van der Waals surface area (Å²) in [5, 5.41) is 0. The molecule has 0 atom stereocenters. The summed E-state index contributed by atoms with van der Waals surface area (Å²) in [6, 6.07) is 7.13. The fourth-order valence-corrected chi connectivity index (χ4v) is 2.94. The second kappa shape index (κ2) is 8.65. The molecule has 138 valence electrons. The highest BCUT2D eigenvalue weighted by Gasteiger charge is 2.22. The van der Waals surface area contributed by atoms with Gasteiger partial charge in [0.1, 0.15) is 11.9 Å². The lowest BCUT2D eigenvalue weighted by Gasteiger charge is -2.32. The van der Waals surface area contributed by atoms with Gasteiger partial charge >= 0.3 is 5.97 Å². The zero-order valence-electron chi connectivity index (χ0n) is 15.4. The molecule has 2 aromatic rings. The van der Waals surface area contributed by atoms with E-state index in [4.69, 9.17) is 9.47 Å². The zero-order chi connectivity index (χ0) is 18.4. The largest absolute Gasteiger partial charge is 0.490 e. The second-order valence-corrected chi connectivity index (χ2v) is 6.29. The number of anilines is 1. The van der Waals surface area contributed by atoms with Gasteiger partial charge in [-0.05, 0) is 43.2 Å². The van der Waals surface area contributed by atoms with Gasteiger partial charge < -0.3 is 14.4 Å². The highest BCUT2D eigenvalue weighted by molar-refractivity contribution is 5.89. The molecule has 3 rings (SSSR count). The standard InChI is InChI=1S/C20H25N3O3/c1-3-15-13-21-20(22-14-15)23-11-9-18(10-12-23)26-17-7-5-16(6-8-17)19(24)25-4-2/h5-8,13-14,18H,3-4,9-12H2,1-2H3. The molecule has 0 saturated carbocycles. The molecule has 6 heteroatoms. The quantitative estimate of drug-likeness (QED) is 0.741. The molecular formula is C20H25N3O3. The molecule has 1 aliphatic heterocycles. The molecule has 0 unspecified atom stereocenters. The lowest BCUT2D eigenvalue weighted by atomic mass is 10.1. The number of nitrogens with zero attached hydrogens (tertiary/aromatic N) is 3. The molecule has 1 fully saturated rings. The Morgan fingerprint density at radius 1 is 1.12 bits per heavy atom. The van der Waals surface area contributed by atoms with Gasteiger partial charge in [-0.1, -0.05) is 6.92 Å². The molecule has 0 radical (unpaired) electrons. The van der Waals surface area contributed by atoms with Gasteiger partial charge in [-0.15, -0.1) is 0 Å². The minimum Gasteiger partial charge on any atom is -0.490 e. The number of aromatic nitrogens is 2. The molecule has 1 aromatic carbocycles. The number of piperidine rings is 1. The molecule has 26 heavy (non-hydrogen) atoms. The average molecular weight is 355 g/mol. The maximum Gasteiger partial charge on any atom is 0.338 e. The van der Waals surface area contributed by atoms with Crippen LogP contribution in [0.3, 0.4) is 0 Å². The number of carbonyl (C=O) groups excluding carboxylic acids is 1. The van der Waals surface area contributed by atoms with Gasteiger partial charge in [-0.2, -0.15) is 0 Å². The number of esters is 1. The highest BCUT2D eigenvalue weighted by atomic mass is 16.5. The van der Waals surface area contributed by atoms with Crippen molar-refractivity contribution in [2.24, 2.45) is 0 Å². The fraction of sp³-hybridized carbons (Fsp3) is 0.450. The monoisotopic (exact) mass is 355 g/mol. The predicted molar refractivity (Wildman–Crippen MR) is 99.7 cm³/mol. The van der Waals surface area contributed by atoms with Crippen LogP contribution >= 0.6 is 0 Å². The molecule has 0 spiro atoms. The predicted octanol–water partition coefficient (Wildman–Crippen LogP) is 3.26. The third kappa shape index (κ3) is 4.50. The first kappa shape index (κ1) is 18.2. The number of hydrogen-bond acceptors (Lipinski definition) is 6. The maximum absolute atomic E-state index is 11.7. The van der Waals surface area contributed by atoms with Crippen molar-refractivity contribution < 1.29 is 14.3 Å². The molecule has 0 aliphatic carbocycles. The SMILES string of the molecule is CCOC(=O)c1ccc(OC2CCN(c3ncc(CC)cn3)CC2)cc1. The number of rotatable bonds is 6. The van der Waals surface area contributed by atoms with E-state index in [1.807, 2.05) is 24.5 Å². The topological polar surface area (TPSA) is 64.6 Å². The zero-order valence-corrected chi connectivity index (χ0v) is 15.4. The summed E-state index contributed by atoms with van der Waals surface area (Å²) in [6.07, 6.45) is 6.74. The van der Waals surface area contributed by atoms with Crippen LogP contribution in [-0.4, -0.2) is 41.7 Å². The van der Waals surface area contributed by atoms with Crippen LogP contribution in [0.1, 0.15) is 42.6 Å². The van der Waals surface area contributed by atoms with Gasteiger partial charge in [0.05, 0.1) is 12.2 Å². The van der Waals surface area contributed by atoms with Crippen LogP contribution in [0.4, 0.5) is 5.95 Å². The smallest absolute Gasteiger partial charge is 0.338 e. The Hall–Kier alpha value is -2.63. The Bertz CT molecular complexity index is 708. The van der Waals surface area contributed by atoms with Crippen molar-refractivity contribution >= 4 is 11.9 Å². The Kier molecular flexibility index (Phi) is 6.04. The first-order valence-electron chi connectivity index (χ1n) is 9.19. The van der Waals surface area contributed by atoms with Crippen molar-refractivity contribution in [1.82, 2.24) is 9.97 Å². The van der Waals surface area contributed by atoms with Gasteiger partial charge in [-0.25, -0.2) is 14.8 Å². The van der Waals surface area contributed by atoms with Gasteiger partial charge in [0.15, 0.2) is 0 Å². The number of carbonyl (C=O) groups is 1.